The van der Waals surface area contributed by atoms with E-state index in [0.717, 1.165) is 29.8 Å². The predicted molar refractivity (Wildman–Crippen MR) is 73.7 cm³/mol. The maximum Gasteiger partial charge on any atom is 0.104 e. The van der Waals surface area contributed by atoms with Crippen molar-refractivity contribution in [3.05, 3.63) is 29.6 Å². The topological polar surface area (TPSA) is 60.9 Å². The first kappa shape index (κ1) is 13.1. The van der Waals surface area contributed by atoms with E-state index in [9.17, 15) is 5.11 Å². The zero-order valence-corrected chi connectivity index (χ0v) is 11.2. The Morgan fingerprint density at radius 1 is 1.39 bits per heavy atom. The summed E-state index contributed by atoms with van der Waals surface area (Å²) in [6.45, 7) is 7.05. The Labute approximate surface area is 107 Å². The van der Waals surface area contributed by atoms with E-state index >= 15 is 0 Å². The number of rotatable bonds is 5. The Balaban J connectivity index is 1.91. The second-order valence-corrected chi connectivity index (χ2v) is 5.41. The highest BCUT2D eigenvalue weighted by Gasteiger charge is 2.10. The summed E-state index contributed by atoms with van der Waals surface area (Å²) < 4.78 is 0. The number of aryl methyl sites for hydroxylation is 1. The zero-order valence-electron chi connectivity index (χ0n) is 11.2. The van der Waals surface area contributed by atoms with Gasteiger partial charge in [-0.15, -0.1) is 0 Å². The summed E-state index contributed by atoms with van der Waals surface area (Å²) in [5, 5.41) is 12.8. The monoisotopic (exact) mass is 247 g/mol. The largest absolute Gasteiger partial charge is 0.389 e. The molecule has 1 aromatic carbocycles. The molecule has 1 heterocycles. The van der Waals surface area contributed by atoms with E-state index in [-0.39, 0.29) is 0 Å². The molecule has 2 rings (SSSR count). The number of aliphatic hydroxyl groups is 1. The van der Waals surface area contributed by atoms with Gasteiger partial charge in [0.15, 0.2) is 0 Å². The lowest BCUT2D eigenvalue weighted by Crippen LogP contribution is -2.35. The van der Waals surface area contributed by atoms with Crippen LogP contribution in [0.4, 0.5) is 0 Å². The molecule has 98 valence electrons. The lowest BCUT2D eigenvalue weighted by molar-refractivity contribution is 0.0801. The van der Waals surface area contributed by atoms with E-state index < -0.39 is 5.60 Å². The van der Waals surface area contributed by atoms with Crippen LogP contribution < -0.4 is 5.32 Å². The van der Waals surface area contributed by atoms with Crippen LogP contribution in [0.2, 0.25) is 0 Å². The van der Waals surface area contributed by atoms with Crippen molar-refractivity contribution >= 4 is 11.0 Å². The highest BCUT2D eigenvalue weighted by molar-refractivity contribution is 5.75. The van der Waals surface area contributed by atoms with Crippen molar-refractivity contribution < 1.29 is 5.11 Å². The molecule has 3 N–H and O–H groups in total. The van der Waals surface area contributed by atoms with Gasteiger partial charge in [0.1, 0.15) is 5.82 Å². The maximum atomic E-state index is 9.58. The van der Waals surface area contributed by atoms with Gasteiger partial charge in [-0.3, -0.25) is 0 Å². The lowest BCUT2D eigenvalue weighted by Gasteiger charge is -2.17. The van der Waals surface area contributed by atoms with Crippen LogP contribution in [0, 0.1) is 6.92 Å². The van der Waals surface area contributed by atoms with Gasteiger partial charge in [-0.2, -0.15) is 0 Å². The quantitative estimate of drug-likeness (QED) is 0.706. The third-order valence-electron chi connectivity index (χ3n) is 2.81. The lowest BCUT2D eigenvalue weighted by atomic mass is 10.1. The minimum Gasteiger partial charge on any atom is -0.389 e. The fourth-order valence-corrected chi connectivity index (χ4v) is 1.97. The average Bonchev–Trinajstić information content (AvgIpc) is 2.62. The number of imidazole rings is 1. The van der Waals surface area contributed by atoms with Gasteiger partial charge in [-0.25, -0.2) is 4.98 Å². The molecule has 1 aromatic heterocycles. The van der Waals surface area contributed by atoms with Gasteiger partial charge in [0.2, 0.25) is 0 Å². The van der Waals surface area contributed by atoms with E-state index in [4.69, 9.17) is 0 Å². The number of benzene rings is 1. The van der Waals surface area contributed by atoms with Gasteiger partial charge in [-0.05, 0) is 51.4 Å². The Bertz CT molecular complexity index is 525. The molecule has 0 saturated carbocycles. The molecule has 0 aliphatic heterocycles. The standard InChI is InChI=1S/C14H21N3O/c1-10-16-12-5-4-11(8-13(12)17-10)6-7-15-9-14(2,3)18/h4-5,8,15,18H,6-7,9H2,1-3H3,(H,16,17). The van der Waals surface area contributed by atoms with Crippen molar-refractivity contribution in [1.82, 2.24) is 15.3 Å². The van der Waals surface area contributed by atoms with Crippen LogP contribution in [0.1, 0.15) is 25.2 Å². The van der Waals surface area contributed by atoms with Crippen LogP contribution in [-0.2, 0) is 6.42 Å². The molecule has 2 aromatic rings. The van der Waals surface area contributed by atoms with Crippen molar-refractivity contribution in [2.24, 2.45) is 0 Å². The van der Waals surface area contributed by atoms with Crippen LogP contribution in [-0.4, -0.2) is 33.8 Å². The van der Waals surface area contributed by atoms with E-state index in [2.05, 4.69) is 27.4 Å². The SMILES string of the molecule is Cc1nc2ccc(CCNCC(C)(C)O)cc2[nH]1. The Hall–Kier alpha value is -1.39. The fourth-order valence-electron chi connectivity index (χ4n) is 1.97. The minimum absolute atomic E-state index is 0.610. The molecule has 0 atom stereocenters. The van der Waals surface area contributed by atoms with E-state index in [1.165, 1.54) is 5.56 Å². The minimum atomic E-state index is -0.648. The molecule has 0 saturated heterocycles. The first-order chi connectivity index (χ1) is 8.44. The molecule has 0 spiro atoms. The van der Waals surface area contributed by atoms with Gasteiger partial charge in [0.05, 0.1) is 16.6 Å². The van der Waals surface area contributed by atoms with Crippen LogP contribution in [0.25, 0.3) is 11.0 Å². The Morgan fingerprint density at radius 2 is 2.17 bits per heavy atom. The van der Waals surface area contributed by atoms with E-state index in [0.29, 0.717) is 6.54 Å². The number of hydrogen-bond acceptors (Lipinski definition) is 3. The molecule has 4 heteroatoms. The summed E-state index contributed by atoms with van der Waals surface area (Å²) in [4.78, 5) is 7.62. The molecule has 4 nitrogen and oxygen atoms in total. The van der Waals surface area contributed by atoms with Crippen molar-refractivity contribution in [2.45, 2.75) is 32.8 Å². The zero-order chi connectivity index (χ0) is 13.2. The van der Waals surface area contributed by atoms with E-state index in [1.54, 1.807) is 13.8 Å². The molecule has 0 unspecified atom stereocenters. The normalized spacial score (nSPS) is 12.2. The number of hydrogen-bond donors (Lipinski definition) is 3. The second-order valence-electron chi connectivity index (χ2n) is 5.41. The van der Waals surface area contributed by atoms with Crippen LogP contribution >= 0.6 is 0 Å². The second kappa shape index (κ2) is 5.08. The smallest absolute Gasteiger partial charge is 0.104 e. The Kier molecular flexibility index (Phi) is 3.68. The van der Waals surface area contributed by atoms with Crippen molar-refractivity contribution in [2.75, 3.05) is 13.1 Å². The Morgan fingerprint density at radius 3 is 2.89 bits per heavy atom. The summed E-state index contributed by atoms with van der Waals surface area (Å²) in [5.41, 5.74) is 2.73. The number of nitrogens with one attached hydrogen (secondary N) is 2. The van der Waals surface area contributed by atoms with Gasteiger partial charge >= 0.3 is 0 Å². The summed E-state index contributed by atoms with van der Waals surface area (Å²) in [5.74, 6) is 0.947. The third-order valence-corrected chi connectivity index (χ3v) is 2.81. The third kappa shape index (κ3) is 3.55. The molecule has 0 amide bonds. The van der Waals surface area contributed by atoms with Crippen molar-refractivity contribution in [3.8, 4) is 0 Å². The first-order valence-corrected chi connectivity index (χ1v) is 6.32. The van der Waals surface area contributed by atoms with E-state index in [1.807, 2.05) is 13.0 Å². The summed E-state index contributed by atoms with van der Waals surface area (Å²) >= 11 is 0. The van der Waals surface area contributed by atoms with Crippen molar-refractivity contribution in [1.29, 1.82) is 0 Å². The average molecular weight is 247 g/mol. The number of aromatic nitrogens is 2. The fraction of sp³-hybridized carbons (Fsp3) is 0.500. The molecular formula is C14H21N3O. The van der Waals surface area contributed by atoms with Gasteiger partial charge in [0, 0.05) is 6.54 Å². The molecule has 0 fully saturated rings. The van der Waals surface area contributed by atoms with Crippen LogP contribution in [0.5, 0.6) is 0 Å². The van der Waals surface area contributed by atoms with Crippen molar-refractivity contribution in [3.63, 3.8) is 0 Å². The highest BCUT2D eigenvalue weighted by atomic mass is 16.3. The number of aromatic amines is 1. The molecule has 0 radical (unpaired) electrons. The van der Waals surface area contributed by atoms with Gasteiger partial charge in [0.25, 0.3) is 0 Å². The molecule has 18 heavy (non-hydrogen) atoms. The summed E-state index contributed by atoms with van der Waals surface area (Å²) in [6.07, 6.45) is 0.948. The highest BCUT2D eigenvalue weighted by Crippen LogP contribution is 2.13. The number of nitrogens with zero attached hydrogens (tertiary/aromatic N) is 1. The molecular weight excluding hydrogens is 226 g/mol. The number of H-pyrrole nitrogens is 1. The predicted octanol–water partition coefficient (Wildman–Crippen LogP) is 1.77. The summed E-state index contributed by atoms with van der Waals surface area (Å²) in [6, 6.07) is 6.29. The van der Waals surface area contributed by atoms with Gasteiger partial charge in [-0.1, -0.05) is 6.07 Å². The number of fused-ring (bicyclic) bond motifs is 1. The van der Waals surface area contributed by atoms with Gasteiger partial charge < -0.3 is 15.4 Å². The van der Waals surface area contributed by atoms with Crippen LogP contribution in [0.15, 0.2) is 18.2 Å². The molecule has 0 aliphatic carbocycles. The van der Waals surface area contributed by atoms with Crippen LogP contribution in [0.3, 0.4) is 0 Å². The maximum absolute atomic E-state index is 9.58. The molecule has 0 aliphatic rings. The first-order valence-electron chi connectivity index (χ1n) is 6.32. The molecule has 0 bridgehead atoms. The summed E-state index contributed by atoms with van der Waals surface area (Å²) in [7, 11) is 0.